The topological polar surface area (TPSA) is 140 Å². The van der Waals surface area contributed by atoms with Gasteiger partial charge in [-0.05, 0) is 48.7 Å². The van der Waals surface area contributed by atoms with Gasteiger partial charge in [-0.2, -0.15) is 13.2 Å². The molecule has 2 aromatic heterocycles. The molecule has 11 nitrogen and oxygen atoms in total. The van der Waals surface area contributed by atoms with Gasteiger partial charge >= 0.3 is 6.18 Å². The SMILES string of the molecule is O=C(N[C@H]1c2ccccc2OC[C@H]1O)[C@H](Cc1ccccc1)C[C@H](O)CN1CCN(Cc2ccc(-c3cccnc3)o2)C[C@H]1C(=O)NCC(F)(F)F. The van der Waals surface area contributed by atoms with Crippen molar-refractivity contribution in [3.63, 3.8) is 0 Å². The maximum absolute atomic E-state index is 13.9. The van der Waals surface area contributed by atoms with E-state index in [2.05, 4.69) is 10.3 Å². The molecule has 0 saturated carbocycles. The first-order valence-corrected chi connectivity index (χ1v) is 17.2. The van der Waals surface area contributed by atoms with Crippen LogP contribution in [0.25, 0.3) is 11.3 Å². The lowest BCUT2D eigenvalue weighted by molar-refractivity contribution is -0.143. The molecule has 0 radical (unpaired) electrons. The Kier molecular flexibility index (Phi) is 11.9. The number of aromatic nitrogens is 1. The summed E-state index contributed by atoms with van der Waals surface area (Å²) < 4.78 is 51.0. The summed E-state index contributed by atoms with van der Waals surface area (Å²) in [5, 5.41) is 27.2. The molecule has 2 amide bonds. The highest BCUT2D eigenvalue weighted by molar-refractivity contribution is 5.82. The van der Waals surface area contributed by atoms with E-state index in [1.165, 1.54) is 0 Å². The fraction of sp³-hybridized carbons (Fsp3) is 0.395. The maximum Gasteiger partial charge on any atom is 0.405 e. The second kappa shape index (κ2) is 16.7. The van der Waals surface area contributed by atoms with Crippen molar-refractivity contribution in [1.82, 2.24) is 25.4 Å². The Morgan fingerprint density at radius 1 is 1.00 bits per heavy atom. The van der Waals surface area contributed by atoms with E-state index in [0.29, 0.717) is 35.9 Å². The van der Waals surface area contributed by atoms with Crippen LogP contribution in [-0.4, -0.2) is 101 Å². The number of furan rings is 1. The predicted octanol–water partition coefficient (Wildman–Crippen LogP) is 3.73. The van der Waals surface area contributed by atoms with E-state index in [4.69, 9.17) is 9.15 Å². The lowest BCUT2D eigenvalue weighted by Crippen LogP contribution is -2.60. The fourth-order valence-electron chi connectivity index (χ4n) is 6.79. The number of piperazine rings is 1. The highest BCUT2D eigenvalue weighted by Crippen LogP contribution is 2.33. The van der Waals surface area contributed by atoms with Gasteiger partial charge in [0.05, 0.1) is 18.7 Å². The molecule has 4 heterocycles. The number of nitrogens with one attached hydrogen (secondary N) is 2. The second-order valence-electron chi connectivity index (χ2n) is 13.3. The molecule has 2 aromatic carbocycles. The molecule has 4 aromatic rings. The van der Waals surface area contributed by atoms with E-state index >= 15 is 0 Å². The standard InChI is InChI=1S/C38H42F3N5O6/c39-38(40,41)24-43-37(50)31-22-45(21-29-12-13-33(52-29)26-9-6-14-42-19-26)15-16-46(31)20-28(47)18-27(17-25-7-2-1-3-8-25)36(49)44-35-30-10-4-5-11-34(30)51-23-32(35)48/h1-14,19,27-28,31-32,35,47-48H,15-18,20-24H2,(H,43,50)(H,44,49)/t27-,28+,31+,32-,35+/m1/s1. The first kappa shape index (κ1) is 37.0. The lowest BCUT2D eigenvalue weighted by atomic mass is 9.90. The molecular weight excluding hydrogens is 679 g/mol. The van der Waals surface area contributed by atoms with Crippen LogP contribution in [0, 0.1) is 5.92 Å². The quantitative estimate of drug-likeness (QED) is 0.163. The van der Waals surface area contributed by atoms with Gasteiger partial charge in [0.1, 0.15) is 42.6 Å². The average molecular weight is 722 g/mol. The number of amides is 2. The highest BCUT2D eigenvalue weighted by atomic mass is 19.4. The van der Waals surface area contributed by atoms with Gasteiger partial charge in [0, 0.05) is 55.6 Å². The van der Waals surface area contributed by atoms with Gasteiger partial charge < -0.3 is 30.0 Å². The van der Waals surface area contributed by atoms with Crippen molar-refractivity contribution in [2.75, 3.05) is 39.3 Å². The molecule has 1 saturated heterocycles. The minimum Gasteiger partial charge on any atom is -0.490 e. The molecule has 2 aliphatic rings. The molecule has 2 aliphatic heterocycles. The van der Waals surface area contributed by atoms with Gasteiger partial charge in [0.25, 0.3) is 0 Å². The van der Waals surface area contributed by atoms with Crippen LogP contribution in [0.3, 0.4) is 0 Å². The zero-order valence-electron chi connectivity index (χ0n) is 28.4. The summed E-state index contributed by atoms with van der Waals surface area (Å²) in [7, 11) is 0. The summed E-state index contributed by atoms with van der Waals surface area (Å²) in [5.41, 5.74) is 2.30. The second-order valence-corrected chi connectivity index (χ2v) is 13.3. The summed E-state index contributed by atoms with van der Waals surface area (Å²) >= 11 is 0. The summed E-state index contributed by atoms with van der Waals surface area (Å²) in [6.07, 6.45) is -3.07. The van der Waals surface area contributed by atoms with E-state index in [1.807, 2.05) is 58.7 Å². The van der Waals surface area contributed by atoms with Crippen LogP contribution in [0.1, 0.15) is 29.3 Å². The van der Waals surface area contributed by atoms with Crippen molar-refractivity contribution in [3.8, 4) is 17.1 Å². The van der Waals surface area contributed by atoms with Gasteiger partial charge in [-0.3, -0.25) is 24.4 Å². The zero-order chi connectivity index (χ0) is 36.7. The van der Waals surface area contributed by atoms with Crippen LogP contribution in [0.4, 0.5) is 13.2 Å². The van der Waals surface area contributed by atoms with Gasteiger partial charge in [0.15, 0.2) is 0 Å². The van der Waals surface area contributed by atoms with Crippen molar-refractivity contribution in [1.29, 1.82) is 0 Å². The van der Waals surface area contributed by atoms with Crippen molar-refractivity contribution >= 4 is 11.8 Å². The number of aliphatic hydroxyl groups is 2. The van der Waals surface area contributed by atoms with E-state index in [9.17, 15) is 33.0 Å². The van der Waals surface area contributed by atoms with Crippen LogP contribution >= 0.6 is 0 Å². The van der Waals surface area contributed by atoms with Gasteiger partial charge in [0.2, 0.25) is 11.8 Å². The number of benzene rings is 2. The molecule has 0 aliphatic carbocycles. The molecule has 276 valence electrons. The zero-order valence-corrected chi connectivity index (χ0v) is 28.4. The summed E-state index contributed by atoms with van der Waals surface area (Å²) in [4.78, 5) is 34.8. The minimum atomic E-state index is -4.60. The summed E-state index contributed by atoms with van der Waals surface area (Å²) in [6.45, 7) is -0.388. The normalized spacial score (nSPS) is 20.7. The number of β-amino-alcohol motifs (C(OH)–C–C–N with tert-alkyl or cyclic N) is 1. The number of fused-ring (bicyclic) bond motifs is 1. The van der Waals surface area contributed by atoms with Crippen LogP contribution in [0.5, 0.6) is 5.75 Å². The first-order valence-electron chi connectivity index (χ1n) is 17.2. The third-order valence-electron chi connectivity index (χ3n) is 9.37. The number of hydrogen-bond acceptors (Lipinski definition) is 9. The molecular formula is C38H42F3N5O6. The maximum atomic E-state index is 13.9. The molecule has 0 spiro atoms. The van der Waals surface area contributed by atoms with Crippen LogP contribution in [0.15, 0.2) is 95.7 Å². The van der Waals surface area contributed by atoms with Crippen molar-refractivity contribution in [2.24, 2.45) is 5.92 Å². The number of ether oxygens (including phenoxy) is 1. The molecule has 4 N–H and O–H groups in total. The number of hydrogen-bond donors (Lipinski definition) is 4. The Bertz CT molecular complexity index is 1780. The molecule has 0 unspecified atom stereocenters. The largest absolute Gasteiger partial charge is 0.490 e. The van der Waals surface area contributed by atoms with Gasteiger partial charge in [-0.25, -0.2) is 0 Å². The Balaban J connectivity index is 1.15. The molecule has 52 heavy (non-hydrogen) atoms. The number of para-hydroxylation sites is 1. The number of carbonyl (C=O) groups is 2. The Labute approximate surface area is 299 Å². The van der Waals surface area contributed by atoms with Crippen LogP contribution in [0.2, 0.25) is 0 Å². The number of alkyl halides is 3. The summed E-state index contributed by atoms with van der Waals surface area (Å²) in [6, 6.07) is 22.0. The number of pyridine rings is 1. The van der Waals surface area contributed by atoms with Crippen molar-refractivity contribution in [2.45, 2.75) is 49.9 Å². The predicted molar refractivity (Wildman–Crippen MR) is 185 cm³/mol. The van der Waals surface area contributed by atoms with Crippen molar-refractivity contribution < 1.29 is 42.1 Å². The van der Waals surface area contributed by atoms with E-state index in [0.717, 1.165) is 11.1 Å². The molecule has 6 rings (SSSR count). The summed E-state index contributed by atoms with van der Waals surface area (Å²) in [5.74, 6) is -0.116. The third-order valence-corrected chi connectivity index (χ3v) is 9.37. The smallest absolute Gasteiger partial charge is 0.405 e. The lowest BCUT2D eigenvalue weighted by Gasteiger charge is -2.41. The average Bonchev–Trinajstić information content (AvgIpc) is 3.61. The van der Waals surface area contributed by atoms with Gasteiger partial charge in [-0.15, -0.1) is 0 Å². The number of aliphatic hydroxyl groups excluding tert-OH is 2. The van der Waals surface area contributed by atoms with Crippen molar-refractivity contribution in [3.05, 3.63) is 108 Å². The Morgan fingerprint density at radius 3 is 2.56 bits per heavy atom. The van der Waals surface area contributed by atoms with Crippen LogP contribution < -0.4 is 15.4 Å². The Hall–Kier alpha value is -4.76. The number of carbonyl (C=O) groups excluding carboxylic acids is 2. The Morgan fingerprint density at radius 2 is 1.79 bits per heavy atom. The highest BCUT2D eigenvalue weighted by Gasteiger charge is 2.38. The minimum absolute atomic E-state index is 0.00229. The molecule has 0 bridgehead atoms. The number of nitrogens with zero attached hydrogens (tertiary/aromatic N) is 3. The first-order chi connectivity index (χ1) is 25.0. The number of halogens is 3. The fourth-order valence-corrected chi connectivity index (χ4v) is 6.79. The van der Waals surface area contributed by atoms with E-state index < -0.39 is 48.8 Å². The molecule has 14 heteroatoms. The van der Waals surface area contributed by atoms with Crippen LogP contribution in [-0.2, 0) is 22.6 Å². The van der Waals surface area contributed by atoms with Gasteiger partial charge in [-0.1, -0.05) is 48.5 Å². The number of rotatable bonds is 13. The third kappa shape index (κ3) is 9.76. The monoisotopic (exact) mass is 721 g/mol. The molecule has 5 atom stereocenters. The van der Waals surface area contributed by atoms with E-state index in [-0.39, 0.29) is 45.0 Å². The molecule has 1 fully saturated rings. The van der Waals surface area contributed by atoms with E-state index in [1.54, 1.807) is 47.6 Å².